The number of ether oxygens (including phenoxy) is 1. The second-order valence-corrected chi connectivity index (χ2v) is 5.41. The standard InChI is InChI=1S/C17H17N5O3/c1-3-12-4-6-13(7-5-12)19-14(23)10-25-16(24)15-20-17-18-9-8-11(2)22(17)21-15/h4-9H,3,10H2,1-2H3,(H,19,23). The number of nitrogens with zero attached hydrogens (tertiary/aromatic N) is 4. The van der Waals surface area contributed by atoms with Crippen LogP contribution >= 0.6 is 0 Å². The van der Waals surface area contributed by atoms with Crippen LogP contribution in [-0.4, -0.2) is 38.1 Å². The maximum atomic E-state index is 12.0. The molecule has 0 fully saturated rings. The van der Waals surface area contributed by atoms with Crippen molar-refractivity contribution < 1.29 is 14.3 Å². The average Bonchev–Trinajstić information content (AvgIpc) is 3.06. The molecule has 1 aromatic carbocycles. The number of anilines is 1. The Balaban J connectivity index is 1.58. The molecule has 0 aliphatic rings. The largest absolute Gasteiger partial charge is 0.450 e. The summed E-state index contributed by atoms with van der Waals surface area (Å²) in [5.41, 5.74) is 2.60. The van der Waals surface area contributed by atoms with E-state index in [-0.39, 0.29) is 5.82 Å². The van der Waals surface area contributed by atoms with Crippen molar-refractivity contribution >= 4 is 23.3 Å². The van der Waals surface area contributed by atoms with E-state index in [1.165, 1.54) is 10.1 Å². The molecule has 3 rings (SSSR count). The molecule has 0 atom stereocenters. The highest BCUT2D eigenvalue weighted by Gasteiger charge is 2.17. The average molecular weight is 339 g/mol. The molecule has 1 amide bonds. The van der Waals surface area contributed by atoms with Crippen molar-refractivity contribution in [1.82, 2.24) is 19.6 Å². The fraction of sp³-hybridized carbons (Fsp3) is 0.235. The Hall–Kier alpha value is -3.29. The van der Waals surface area contributed by atoms with Crippen LogP contribution in [0.25, 0.3) is 5.78 Å². The fourth-order valence-electron chi connectivity index (χ4n) is 2.21. The minimum Gasteiger partial charge on any atom is -0.450 e. The Bertz CT molecular complexity index is 918. The predicted octanol–water partition coefficient (Wildman–Crippen LogP) is 1.79. The first-order chi connectivity index (χ1) is 12.1. The summed E-state index contributed by atoms with van der Waals surface area (Å²) in [7, 11) is 0. The lowest BCUT2D eigenvalue weighted by Crippen LogP contribution is -2.21. The quantitative estimate of drug-likeness (QED) is 0.712. The monoisotopic (exact) mass is 339 g/mol. The molecular weight excluding hydrogens is 322 g/mol. The zero-order valence-electron chi connectivity index (χ0n) is 13.9. The number of carbonyl (C=O) groups excluding carboxylic acids is 2. The smallest absolute Gasteiger partial charge is 0.378 e. The topological polar surface area (TPSA) is 98.5 Å². The summed E-state index contributed by atoms with van der Waals surface area (Å²) >= 11 is 0. The molecule has 8 heteroatoms. The second-order valence-electron chi connectivity index (χ2n) is 5.41. The number of amides is 1. The maximum absolute atomic E-state index is 12.0. The first kappa shape index (κ1) is 16.6. The van der Waals surface area contributed by atoms with Gasteiger partial charge >= 0.3 is 5.97 Å². The van der Waals surface area contributed by atoms with E-state index in [0.29, 0.717) is 11.5 Å². The Morgan fingerprint density at radius 3 is 2.64 bits per heavy atom. The van der Waals surface area contributed by atoms with Gasteiger partial charge in [0, 0.05) is 17.6 Å². The van der Waals surface area contributed by atoms with Crippen LogP contribution in [0.15, 0.2) is 36.5 Å². The summed E-state index contributed by atoms with van der Waals surface area (Å²) in [4.78, 5) is 31.9. The normalized spacial score (nSPS) is 10.6. The van der Waals surface area contributed by atoms with Crippen LogP contribution in [0.1, 0.15) is 28.8 Å². The molecule has 2 aromatic heterocycles. The van der Waals surface area contributed by atoms with Gasteiger partial charge in [-0.1, -0.05) is 19.1 Å². The Labute approximate surface area is 143 Å². The molecule has 0 spiro atoms. The van der Waals surface area contributed by atoms with Gasteiger partial charge < -0.3 is 10.1 Å². The van der Waals surface area contributed by atoms with Gasteiger partial charge in [-0.25, -0.2) is 14.3 Å². The van der Waals surface area contributed by atoms with E-state index in [0.717, 1.165) is 12.1 Å². The zero-order valence-corrected chi connectivity index (χ0v) is 13.9. The molecule has 0 aliphatic carbocycles. The molecule has 0 bridgehead atoms. The number of esters is 1. The third-order valence-electron chi connectivity index (χ3n) is 3.59. The molecule has 25 heavy (non-hydrogen) atoms. The van der Waals surface area contributed by atoms with Gasteiger partial charge in [0.2, 0.25) is 0 Å². The van der Waals surface area contributed by atoms with Crippen molar-refractivity contribution in [3.63, 3.8) is 0 Å². The van der Waals surface area contributed by atoms with Crippen LogP contribution in [0.5, 0.6) is 0 Å². The van der Waals surface area contributed by atoms with Gasteiger partial charge in [-0.15, -0.1) is 5.10 Å². The number of aromatic nitrogens is 4. The lowest BCUT2D eigenvalue weighted by molar-refractivity contribution is -0.119. The van der Waals surface area contributed by atoms with Gasteiger partial charge in [0.1, 0.15) is 0 Å². The molecule has 2 heterocycles. The molecule has 0 radical (unpaired) electrons. The number of rotatable bonds is 5. The van der Waals surface area contributed by atoms with Crippen LogP contribution < -0.4 is 5.32 Å². The molecule has 0 saturated carbocycles. The van der Waals surface area contributed by atoms with Crippen LogP contribution in [0, 0.1) is 6.92 Å². The molecule has 1 N–H and O–H groups in total. The molecule has 8 nitrogen and oxygen atoms in total. The van der Waals surface area contributed by atoms with Gasteiger partial charge in [0.05, 0.1) is 0 Å². The zero-order chi connectivity index (χ0) is 17.8. The van der Waals surface area contributed by atoms with Gasteiger partial charge in [0.25, 0.3) is 17.5 Å². The van der Waals surface area contributed by atoms with Crippen molar-refractivity contribution in [2.45, 2.75) is 20.3 Å². The van der Waals surface area contributed by atoms with Crippen LogP contribution in [0.2, 0.25) is 0 Å². The van der Waals surface area contributed by atoms with E-state index in [9.17, 15) is 9.59 Å². The maximum Gasteiger partial charge on any atom is 0.378 e. The van der Waals surface area contributed by atoms with Crippen molar-refractivity contribution in [3.8, 4) is 0 Å². The highest BCUT2D eigenvalue weighted by molar-refractivity contribution is 5.94. The van der Waals surface area contributed by atoms with Gasteiger partial charge in [-0.2, -0.15) is 4.98 Å². The Morgan fingerprint density at radius 2 is 1.96 bits per heavy atom. The van der Waals surface area contributed by atoms with Crippen molar-refractivity contribution in [1.29, 1.82) is 0 Å². The van der Waals surface area contributed by atoms with Gasteiger partial charge in [-0.05, 0) is 37.1 Å². The molecule has 0 saturated heterocycles. The summed E-state index contributed by atoms with van der Waals surface area (Å²) in [5.74, 6) is -1.05. The van der Waals surface area contributed by atoms with E-state index >= 15 is 0 Å². The summed E-state index contributed by atoms with van der Waals surface area (Å²) in [6.07, 6.45) is 2.50. The summed E-state index contributed by atoms with van der Waals surface area (Å²) in [6, 6.07) is 9.20. The molecule has 0 unspecified atom stereocenters. The number of nitrogens with one attached hydrogen (secondary N) is 1. The summed E-state index contributed by atoms with van der Waals surface area (Å²) in [6.45, 7) is 3.45. The van der Waals surface area contributed by atoms with E-state index < -0.39 is 18.5 Å². The van der Waals surface area contributed by atoms with Crippen LogP contribution in [0.3, 0.4) is 0 Å². The van der Waals surface area contributed by atoms with Crippen molar-refractivity contribution in [2.75, 3.05) is 11.9 Å². The third kappa shape index (κ3) is 3.79. The third-order valence-corrected chi connectivity index (χ3v) is 3.59. The summed E-state index contributed by atoms with van der Waals surface area (Å²) < 4.78 is 6.40. The lowest BCUT2D eigenvalue weighted by atomic mass is 10.1. The van der Waals surface area contributed by atoms with E-state index in [1.54, 1.807) is 24.4 Å². The minimum absolute atomic E-state index is 0.137. The molecule has 3 aromatic rings. The second kappa shape index (κ2) is 7.08. The van der Waals surface area contributed by atoms with E-state index in [2.05, 4.69) is 27.3 Å². The summed E-state index contributed by atoms with van der Waals surface area (Å²) in [5, 5.41) is 6.69. The SMILES string of the molecule is CCc1ccc(NC(=O)COC(=O)c2nc3nccc(C)n3n2)cc1. The van der Waals surface area contributed by atoms with Crippen LogP contribution in [-0.2, 0) is 16.0 Å². The van der Waals surface area contributed by atoms with E-state index in [1.807, 2.05) is 19.1 Å². The lowest BCUT2D eigenvalue weighted by Gasteiger charge is -2.06. The van der Waals surface area contributed by atoms with Crippen molar-refractivity contribution in [2.24, 2.45) is 0 Å². The molecule has 0 aliphatic heterocycles. The number of aryl methyl sites for hydroxylation is 2. The predicted molar refractivity (Wildman–Crippen MR) is 90.3 cm³/mol. The fourth-order valence-corrected chi connectivity index (χ4v) is 2.21. The Morgan fingerprint density at radius 1 is 1.20 bits per heavy atom. The highest BCUT2D eigenvalue weighted by atomic mass is 16.5. The van der Waals surface area contributed by atoms with Gasteiger partial charge in [-0.3, -0.25) is 4.79 Å². The number of hydrogen-bond acceptors (Lipinski definition) is 6. The first-order valence-electron chi connectivity index (χ1n) is 7.81. The number of fused-ring (bicyclic) bond motifs is 1. The first-order valence-corrected chi connectivity index (χ1v) is 7.81. The molecular formula is C17H17N5O3. The van der Waals surface area contributed by atoms with E-state index in [4.69, 9.17) is 4.74 Å². The molecule has 128 valence electrons. The number of carbonyl (C=O) groups is 2. The highest BCUT2D eigenvalue weighted by Crippen LogP contribution is 2.10. The minimum atomic E-state index is -0.776. The number of benzene rings is 1. The van der Waals surface area contributed by atoms with Crippen molar-refractivity contribution in [3.05, 3.63) is 53.6 Å². The number of hydrogen-bond donors (Lipinski definition) is 1. The Kier molecular flexibility index (Phi) is 4.69. The van der Waals surface area contributed by atoms with Crippen LogP contribution in [0.4, 0.5) is 5.69 Å². The van der Waals surface area contributed by atoms with Gasteiger partial charge in [0.15, 0.2) is 6.61 Å².